The van der Waals surface area contributed by atoms with Gasteiger partial charge in [-0.05, 0) is 37.0 Å². The SMILES string of the molecule is CC(C)(C)C1(CNC(=O)N2C[C@@H]3CCC[C@]3(C(F)(F)F)C2)CCCO1. The third-order valence-corrected chi connectivity index (χ3v) is 6.72. The Balaban J connectivity index is 1.65. The maximum absolute atomic E-state index is 13.6. The molecule has 2 saturated heterocycles. The van der Waals surface area contributed by atoms with Crippen LogP contribution in [0, 0.1) is 16.7 Å². The van der Waals surface area contributed by atoms with Gasteiger partial charge in [-0.2, -0.15) is 13.2 Å². The van der Waals surface area contributed by atoms with Crippen molar-refractivity contribution in [1.82, 2.24) is 10.2 Å². The van der Waals surface area contributed by atoms with Gasteiger partial charge in [0.05, 0.1) is 11.0 Å². The van der Waals surface area contributed by atoms with Crippen molar-refractivity contribution in [3.8, 4) is 0 Å². The van der Waals surface area contributed by atoms with Crippen molar-refractivity contribution < 1.29 is 22.7 Å². The number of rotatable bonds is 2. The van der Waals surface area contributed by atoms with Crippen molar-refractivity contribution >= 4 is 6.03 Å². The van der Waals surface area contributed by atoms with E-state index in [9.17, 15) is 18.0 Å². The number of amides is 2. The van der Waals surface area contributed by atoms with Crippen molar-refractivity contribution in [2.45, 2.75) is 64.7 Å². The third-order valence-electron chi connectivity index (χ3n) is 6.72. The molecule has 4 nitrogen and oxygen atoms in total. The molecule has 1 N–H and O–H groups in total. The molecular formula is C18H29F3N2O2. The van der Waals surface area contributed by atoms with Crippen molar-refractivity contribution in [1.29, 1.82) is 0 Å². The summed E-state index contributed by atoms with van der Waals surface area (Å²) in [5, 5.41) is 2.87. The van der Waals surface area contributed by atoms with Crippen LogP contribution in [-0.4, -0.2) is 48.9 Å². The van der Waals surface area contributed by atoms with Gasteiger partial charge in [-0.15, -0.1) is 0 Å². The zero-order chi connectivity index (χ0) is 18.5. The van der Waals surface area contributed by atoms with E-state index >= 15 is 0 Å². The Morgan fingerprint density at radius 1 is 1.24 bits per heavy atom. The van der Waals surface area contributed by atoms with Gasteiger partial charge in [0.25, 0.3) is 0 Å². The lowest BCUT2D eigenvalue weighted by Crippen LogP contribution is -2.53. The molecule has 3 fully saturated rings. The lowest BCUT2D eigenvalue weighted by Gasteiger charge is -2.41. The predicted molar refractivity (Wildman–Crippen MR) is 88.2 cm³/mol. The molecular weight excluding hydrogens is 333 g/mol. The lowest BCUT2D eigenvalue weighted by molar-refractivity contribution is -0.226. The number of fused-ring (bicyclic) bond motifs is 1. The first-order valence-corrected chi connectivity index (χ1v) is 9.24. The van der Waals surface area contributed by atoms with Crippen molar-refractivity contribution in [2.75, 3.05) is 26.2 Å². The maximum atomic E-state index is 13.6. The van der Waals surface area contributed by atoms with E-state index in [4.69, 9.17) is 4.74 Å². The quantitative estimate of drug-likeness (QED) is 0.808. The van der Waals surface area contributed by atoms with Gasteiger partial charge in [0.1, 0.15) is 0 Å². The predicted octanol–water partition coefficient (Wildman–Crippen LogP) is 3.96. The van der Waals surface area contributed by atoms with Crippen LogP contribution in [0.2, 0.25) is 0 Å². The van der Waals surface area contributed by atoms with Crippen LogP contribution in [0.15, 0.2) is 0 Å². The van der Waals surface area contributed by atoms with E-state index in [-0.39, 0.29) is 24.9 Å². The molecule has 1 unspecified atom stereocenters. The number of ether oxygens (including phenoxy) is 1. The monoisotopic (exact) mass is 362 g/mol. The van der Waals surface area contributed by atoms with Gasteiger partial charge in [0.15, 0.2) is 0 Å². The van der Waals surface area contributed by atoms with Crippen LogP contribution in [0.25, 0.3) is 0 Å². The third kappa shape index (κ3) is 3.02. The highest BCUT2D eigenvalue weighted by Crippen LogP contribution is 2.57. The fraction of sp³-hybridized carbons (Fsp3) is 0.944. The molecule has 0 aromatic heterocycles. The summed E-state index contributed by atoms with van der Waals surface area (Å²) in [6.45, 7) is 7.22. The number of carbonyl (C=O) groups excluding carboxylic acids is 1. The Morgan fingerprint density at radius 3 is 2.48 bits per heavy atom. The van der Waals surface area contributed by atoms with E-state index < -0.39 is 29.1 Å². The molecule has 7 heteroatoms. The van der Waals surface area contributed by atoms with Crippen molar-refractivity contribution in [3.63, 3.8) is 0 Å². The first-order chi connectivity index (χ1) is 11.5. The Hall–Kier alpha value is -0.980. The molecule has 0 spiro atoms. The number of hydrogen-bond acceptors (Lipinski definition) is 2. The minimum absolute atomic E-state index is 0.139. The first kappa shape index (κ1) is 18.8. The summed E-state index contributed by atoms with van der Waals surface area (Å²) >= 11 is 0. The van der Waals surface area contributed by atoms with Gasteiger partial charge in [-0.25, -0.2) is 4.79 Å². The van der Waals surface area contributed by atoms with Gasteiger partial charge < -0.3 is 15.0 Å². The standard InChI is InChI=1S/C18H29F3N2O2/c1-15(2,3)17(8-5-9-25-17)11-22-14(24)23-10-13-6-4-7-16(13,12-23)18(19,20)21/h13H,4-12H2,1-3H3,(H,22,24)/t13-,16-,17?/m0/s1. The molecule has 1 aliphatic carbocycles. The number of nitrogens with zero attached hydrogens (tertiary/aromatic N) is 1. The van der Waals surface area contributed by atoms with E-state index in [0.29, 0.717) is 26.0 Å². The Bertz CT molecular complexity index is 523. The lowest BCUT2D eigenvalue weighted by atomic mass is 9.74. The molecule has 3 atom stereocenters. The number of likely N-dealkylation sites (tertiary alicyclic amines) is 1. The van der Waals surface area contributed by atoms with Gasteiger partial charge >= 0.3 is 12.2 Å². The molecule has 1 saturated carbocycles. The number of carbonyl (C=O) groups is 1. The molecule has 25 heavy (non-hydrogen) atoms. The molecule has 2 aliphatic heterocycles. The second-order valence-electron chi connectivity index (χ2n) is 8.98. The summed E-state index contributed by atoms with van der Waals surface area (Å²) in [6.07, 6.45) is -1.16. The van der Waals surface area contributed by atoms with Crippen LogP contribution >= 0.6 is 0 Å². The summed E-state index contributed by atoms with van der Waals surface area (Å²) < 4.78 is 46.8. The summed E-state index contributed by atoms with van der Waals surface area (Å²) in [4.78, 5) is 13.9. The molecule has 144 valence electrons. The van der Waals surface area contributed by atoms with Crippen LogP contribution in [0.5, 0.6) is 0 Å². The Morgan fingerprint density at radius 2 is 1.96 bits per heavy atom. The fourth-order valence-corrected chi connectivity index (χ4v) is 4.93. The first-order valence-electron chi connectivity index (χ1n) is 9.24. The van der Waals surface area contributed by atoms with Crippen molar-refractivity contribution in [2.24, 2.45) is 16.7 Å². The number of hydrogen-bond donors (Lipinski definition) is 1. The van der Waals surface area contributed by atoms with E-state index in [0.717, 1.165) is 12.8 Å². The smallest absolute Gasteiger partial charge is 0.373 e. The summed E-state index contributed by atoms with van der Waals surface area (Å²) in [5.41, 5.74) is -2.29. The minimum atomic E-state index is -4.25. The average Bonchev–Trinajstić information content (AvgIpc) is 3.17. The van der Waals surface area contributed by atoms with Gasteiger partial charge in [0.2, 0.25) is 0 Å². The Kier molecular flexibility index (Phi) is 4.54. The second-order valence-corrected chi connectivity index (χ2v) is 8.98. The van der Waals surface area contributed by atoms with Crippen LogP contribution in [-0.2, 0) is 4.74 Å². The Labute approximate surface area is 147 Å². The molecule has 2 amide bonds. The van der Waals surface area contributed by atoms with E-state index in [1.807, 2.05) is 0 Å². The summed E-state index contributed by atoms with van der Waals surface area (Å²) in [7, 11) is 0. The molecule has 0 bridgehead atoms. The highest BCUT2D eigenvalue weighted by Gasteiger charge is 2.65. The largest absolute Gasteiger partial charge is 0.396 e. The fourth-order valence-electron chi connectivity index (χ4n) is 4.93. The van der Waals surface area contributed by atoms with Gasteiger partial charge in [-0.1, -0.05) is 27.2 Å². The second kappa shape index (κ2) is 6.03. The summed E-state index contributed by atoms with van der Waals surface area (Å²) in [6, 6.07) is -0.392. The minimum Gasteiger partial charge on any atom is -0.373 e. The van der Waals surface area contributed by atoms with Gasteiger partial charge in [0, 0.05) is 26.2 Å². The molecule has 0 radical (unpaired) electrons. The van der Waals surface area contributed by atoms with Crippen LogP contribution in [0.3, 0.4) is 0 Å². The van der Waals surface area contributed by atoms with Crippen LogP contribution < -0.4 is 5.32 Å². The van der Waals surface area contributed by atoms with E-state index in [1.54, 1.807) is 0 Å². The molecule has 3 rings (SSSR count). The number of alkyl halides is 3. The number of nitrogens with one attached hydrogen (secondary N) is 1. The summed E-state index contributed by atoms with van der Waals surface area (Å²) in [5.74, 6) is -0.461. The van der Waals surface area contributed by atoms with Crippen molar-refractivity contribution in [3.05, 3.63) is 0 Å². The normalized spacial score (nSPS) is 35.9. The van der Waals surface area contributed by atoms with E-state index in [2.05, 4.69) is 26.1 Å². The van der Waals surface area contributed by atoms with E-state index in [1.165, 1.54) is 4.90 Å². The van der Waals surface area contributed by atoms with Crippen LogP contribution in [0.1, 0.15) is 52.9 Å². The molecule has 2 heterocycles. The molecule has 3 aliphatic rings. The zero-order valence-electron chi connectivity index (χ0n) is 15.3. The maximum Gasteiger partial charge on any atom is 0.396 e. The zero-order valence-corrected chi connectivity index (χ0v) is 15.3. The number of urea groups is 1. The molecule has 0 aromatic carbocycles. The number of halogens is 3. The van der Waals surface area contributed by atoms with Gasteiger partial charge in [-0.3, -0.25) is 0 Å². The highest BCUT2D eigenvalue weighted by atomic mass is 19.4. The topological polar surface area (TPSA) is 41.6 Å². The average molecular weight is 362 g/mol. The highest BCUT2D eigenvalue weighted by molar-refractivity contribution is 5.74. The molecule has 0 aromatic rings. The van der Waals surface area contributed by atoms with Crippen LogP contribution in [0.4, 0.5) is 18.0 Å².